The standard InChI is InChI=1S/C18H25NO/c1-4-15-9-6-10-18(11-15,12-19)17(20)16-13(2)7-5-8-14(16)3/h5,7-8,15,17,20H,4,6,9-11H2,1-3H3. The van der Waals surface area contributed by atoms with Gasteiger partial charge < -0.3 is 5.11 Å². The van der Waals surface area contributed by atoms with Crippen molar-refractivity contribution in [3.63, 3.8) is 0 Å². The average molecular weight is 271 g/mol. The lowest BCUT2D eigenvalue weighted by Crippen LogP contribution is -2.34. The van der Waals surface area contributed by atoms with Gasteiger partial charge in [-0.1, -0.05) is 44.4 Å². The van der Waals surface area contributed by atoms with Crippen LogP contribution >= 0.6 is 0 Å². The van der Waals surface area contributed by atoms with Gasteiger partial charge in [0.2, 0.25) is 0 Å². The molecular weight excluding hydrogens is 246 g/mol. The maximum atomic E-state index is 10.9. The van der Waals surface area contributed by atoms with E-state index in [-0.39, 0.29) is 0 Å². The Balaban J connectivity index is 2.39. The van der Waals surface area contributed by atoms with Gasteiger partial charge in [-0.25, -0.2) is 0 Å². The molecule has 2 rings (SSSR count). The lowest BCUT2D eigenvalue weighted by molar-refractivity contribution is 0.0177. The van der Waals surface area contributed by atoms with Crippen LogP contribution in [0.15, 0.2) is 18.2 Å². The SMILES string of the molecule is CCC1CCCC(C#N)(C(O)c2c(C)cccc2C)C1. The molecule has 1 saturated carbocycles. The Bertz CT molecular complexity index is 496. The maximum Gasteiger partial charge on any atom is 0.0981 e. The molecule has 0 bridgehead atoms. The molecule has 1 aliphatic rings. The van der Waals surface area contributed by atoms with Gasteiger partial charge in [-0.3, -0.25) is 0 Å². The number of hydrogen-bond acceptors (Lipinski definition) is 2. The number of aryl methyl sites for hydroxylation is 2. The second-order valence-electron chi connectivity index (χ2n) is 6.35. The fraction of sp³-hybridized carbons (Fsp3) is 0.611. The van der Waals surface area contributed by atoms with Gasteiger partial charge in [0, 0.05) is 0 Å². The van der Waals surface area contributed by atoms with Crippen LogP contribution in [0, 0.1) is 36.5 Å². The van der Waals surface area contributed by atoms with Crippen molar-refractivity contribution < 1.29 is 5.11 Å². The first-order valence-electron chi connectivity index (χ1n) is 7.69. The summed E-state index contributed by atoms with van der Waals surface area (Å²) in [5.74, 6) is 0.572. The summed E-state index contributed by atoms with van der Waals surface area (Å²) in [4.78, 5) is 0. The van der Waals surface area contributed by atoms with Crippen LogP contribution in [0.1, 0.15) is 61.8 Å². The van der Waals surface area contributed by atoms with Gasteiger partial charge in [-0.2, -0.15) is 5.26 Å². The van der Waals surface area contributed by atoms with Crippen LogP contribution in [0.2, 0.25) is 0 Å². The molecule has 0 radical (unpaired) electrons. The molecule has 0 aromatic heterocycles. The third-order valence-corrected chi connectivity index (χ3v) is 5.03. The summed E-state index contributed by atoms with van der Waals surface area (Å²) in [7, 11) is 0. The molecule has 1 fully saturated rings. The number of aliphatic hydroxyl groups excluding tert-OH is 1. The van der Waals surface area contributed by atoms with E-state index >= 15 is 0 Å². The largest absolute Gasteiger partial charge is 0.387 e. The van der Waals surface area contributed by atoms with Crippen molar-refractivity contribution in [2.24, 2.45) is 11.3 Å². The zero-order chi connectivity index (χ0) is 14.8. The maximum absolute atomic E-state index is 10.9. The molecule has 0 saturated heterocycles. The highest BCUT2D eigenvalue weighted by atomic mass is 16.3. The second-order valence-corrected chi connectivity index (χ2v) is 6.35. The van der Waals surface area contributed by atoms with E-state index in [4.69, 9.17) is 0 Å². The number of hydrogen-bond donors (Lipinski definition) is 1. The molecule has 1 aromatic rings. The fourth-order valence-corrected chi connectivity index (χ4v) is 3.72. The number of nitrogens with zero attached hydrogens (tertiary/aromatic N) is 1. The second kappa shape index (κ2) is 5.97. The highest BCUT2D eigenvalue weighted by Crippen LogP contribution is 2.49. The molecule has 1 aromatic carbocycles. The minimum absolute atomic E-state index is 0.572. The molecule has 0 heterocycles. The van der Waals surface area contributed by atoms with Crippen molar-refractivity contribution in [3.05, 3.63) is 34.9 Å². The smallest absolute Gasteiger partial charge is 0.0981 e. The summed E-state index contributed by atoms with van der Waals surface area (Å²) in [6, 6.07) is 8.54. The third kappa shape index (κ3) is 2.60. The monoisotopic (exact) mass is 271 g/mol. The molecular formula is C18H25NO. The molecule has 3 unspecified atom stereocenters. The van der Waals surface area contributed by atoms with Crippen molar-refractivity contribution in [3.8, 4) is 6.07 Å². The number of nitriles is 1. The molecule has 2 heteroatoms. The minimum atomic E-state index is -0.664. The van der Waals surface area contributed by atoms with Gasteiger partial charge in [0.1, 0.15) is 0 Å². The van der Waals surface area contributed by atoms with E-state index in [0.717, 1.165) is 42.4 Å². The van der Waals surface area contributed by atoms with Crippen LogP contribution < -0.4 is 0 Å². The van der Waals surface area contributed by atoms with Crippen LogP contribution in [0.4, 0.5) is 0 Å². The minimum Gasteiger partial charge on any atom is -0.387 e. The highest BCUT2D eigenvalue weighted by Gasteiger charge is 2.43. The zero-order valence-corrected chi connectivity index (χ0v) is 12.8. The highest BCUT2D eigenvalue weighted by molar-refractivity contribution is 5.37. The Labute approximate surface area is 122 Å². The van der Waals surface area contributed by atoms with E-state index in [2.05, 4.69) is 13.0 Å². The van der Waals surface area contributed by atoms with Gasteiger partial charge in [-0.05, 0) is 49.3 Å². The summed E-state index contributed by atoms with van der Waals surface area (Å²) in [6.07, 6.45) is 4.32. The molecule has 0 amide bonds. The van der Waals surface area contributed by atoms with Crippen molar-refractivity contribution in [2.45, 2.75) is 59.0 Å². The molecule has 20 heavy (non-hydrogen) atoms. The predicted molar refractivity (Wildman–Crippen MR) is 81.2 cm³/mol. The van der Waals surface area contributed by atoms with E-state index < -0.39 is 11.5 Å². The lowest BCUT2D eigenvalue weighted by atomic mass is 9.64. The van der Waals surface area contributed by atoms with Gasteiger partial charge >= 0.3 is 0 Å². The van der Waals surface area contributed by atoms with E-state index in [9.17, 15) is 10.4 Å². The molecule has 1 N–H and O–H groups in total. The van der Waals surface area contributed by atoms with Gasteiger partial charge in [0.05, 0.1) is 17.6 Å². The van der Waals surface area contributed by atoms with Crippen molar-refractivity contribution in [2.75, 3.05) is 0 Å². The first kappa shape index (κ1) is 15.1. The fourth-order valence-electron chi connectivity index (χ4n) is 3.72. The Morgan fingerprint density at radius 1 is 1.40 bits per heavy atom. The summed E-state index contributed by atoms with van der Waals surface area (Å²) in [5.41, 5.74) is 2.54. The molecule has 1 aliphatic carbocycles. The molecule has 0 aliphatic heterocycles. The summed E-state index contributed by atoms with van der Waals surface area (Å²) in [6.45, 7) is 6.23. The van der Waals surface area contributed by atoms with Crippen molar-refractivity contribution in [1.29, 1.82) is 5.26 Å². The molecule has 2 nitrogen and oxygen atoms in total. The van der Waals surface area contributed by atoms with E-state index in [1.54, 1.807) is 0 Å². The molecule has 0 spiro atoms. The quantitative estimate of drug-likeness (QED) is 0.882. The van der Waals surface area contributed by atoms with Crippen molar-refractivity contribution in [1.82, 2.24) is 0 Å². The molecule has 108 valence electrons. The summed E-state index contributed by atoms with van der Waals surface area (Å²) in [5, 5.41) is 20.7. The number of aliphatic hydroxyl groups is 1. The van der Waals surface area contributed by atoms with Crippen LogP contribution in [0.25, 0.3) is 0 Å². The number of benzene rings is 1. The van der Waals surface area contributed by atoms with Crippen molar-refractivity contribution >= 4 is 0 Å². The topological polar surface area (TPSA) is 44.0 Å². The van der Waals surface area contributed by atoms with Crippen LogP contribution in [-0.2, 0) is 0 Å². The predicted octanol–water partition coefficient (Wildman–Crippen LogP) is 4.45. The summed E-state index contributed by atoms with van der Waals surface area (Å²) < 4.78 is 0. The van der Waals surface area contributed by atoms with E-state index in [1.165, 1.54) is 6.42 Å². The van der Waals surface area contributed by atoms with Crippen LogP contribution in [0.3, 0.4) is 0 Å². The van der Waals surface area contributed by atoms with Crippen LogP contribution in [-0.4, -0.2) is 5.11 Å². The van der Waals surface area contributed by atoms with E-state index in [1.807, 2.05) is 32.0 Å². The van der Waals surface area contributed by atoms with Gasteiger partial charge in [-0.15, -0.1) is 0 Å². The number of rotatable bonds is 3. The first-order valence-corrected chi connectivity index (χ1v) is 7.69. The normalized spacial score (nSPS) is 27.9. The first-order chi connectivity index (χ1) is 9.54. The van der Waals surface area contributed by atoms with Gasteiger partial charge in [0.25, 0.3) is 0 Å². The Morgan fingerprint density at radius 2 is 2.05 bits per heavy atom. The van der Waals surface area contributed by atoms with Crippen LogP contribution in [0.5, 0.6) is 0 Å². The van der Waals surface area contributed by atoms with E-state index in [0.29, 0.717) is 5.92 Å². The Hall–Kier alpha value is -1.33. The Kier molecular flexibility index (Phi) is 4.50. The molecule has 3 atom stereocenters. The van der Waals surface area contributed by atoms with Gasteiger partial charge in [0.15, 0.2) is 0 Å². The lowest BCUT2D eigenvalue weighted by Gasteiger charge is -2.39. The Morgan fingerprint density at radius 3 is 2.60 bits per heavy atom. The average Bonchev–Trinajstić information content (AvgIpc) is 2.46. The third-order valence-electron chi connectivity index (χ3n) is 5.03. The summed E-state index contributed by atoms with van der Waals surface area (Å²) >= 11 is 0. The zero-order valence-electron chi connectivity index (χ0n) is 12.8.